The summed E-state index contributed by atoms with van der Waals surface area (Å²) in [6.45, 7) is 1.76. The van der Waals surface area contributed by atoms with E-state index >= 15 is 0 Å². The van der Waals surface area contributed by atoms with E-state index in [1.54, 1.807) is 0 Å². The third-order valence-electron chi connectivity index (χ3n) is 2.86. The molecule has 0 aromatic heterocycles. The number of hydrogen-bond donors (Lipinski definition) is 1. The van der Waals surface area contributed by atoms with Gasteiger partial charge in [-0.15, -0.1) is 0 Å². The van der Waals surface area contributed by atoms with E-state index in [4.69, 9.17) is 9.84 Å². The number of ether oxygens (including phenoxy) is 1. The Bertz CT molecular complexity index is 393. The van der Waals surface area contributed by atoms with Crippen molar-refractivity contribution in [2.45, 2.75) is 6.42 Å². The van der Waals surface area contributed by atoms with Crippen LogP contribution in [0.4, 0.5) is 4.79 Å². The molecule has 1 aromatic carbocycles. The highest BCUT2D eigenvalue weighted by molar-refractivity contribution is 9.10. The summed E-state index contributed by atoms with van der Waals surface area (Å²) in [5, 5.41) is 8.83. The van der Waals surface area contributed by atoms with Crippen LogP contribution in [0, 0.1) is 5.92 Å². The molecule has 1 N–H and O–H groups in total. The lowest BCUT2D eigenvalue weighted by atomic mass is 10.1. The lowest BCUT2D eigenvalue weighted by Gasteiger charge is -2.13. The Balaban J connectivity index is 1.80. The van der Waals surface area contributed by atoms with Gasteiger partial charge in [0.15, 0.2) is 0 Å². The lowest BCUT2D eigenvalue weighted by molar-refractivity contribution is 0.151. The zero-order valence-electron chi connectivity index (χ0n) is 9.30. The van der Waals surface area contributed by atoms with Gasteiger partial charge in [0.2, 0.25) is 0 Å². The van der Waals surface area contributed by atoms with Crippen LogP contribution in [0.1, 0.15) is 6.42 Å². The number of hydrogen-bond acceptors (Lipinski definition) is 2. The van der Waals surface area contributed by atoms with Gasteiger partial charge in [-0.3, -0.25) is 0 Å². The molecule has 1 unspecified atom stereocenters. The molecule has 1 heterocycles. The average Bonchev–Trinajstić information content (AvgIpc) is 2.77. The van der Waals surface area contributed by atoms with Crippen LogP contribution in [0.25, 0.3) is 0 Å². The van der Waals surface area contributed by atoms with Crippen LogP contribution >= 0.6 is 15.9 Å². The molecule has 0 aliphatic carbocycles. The van der Waals surface area contributed by atoms with E-state index in [2.05, 4.69) is 15.9 Å². The summed E-state index contributed by atoms with van der Waals surface area (Å²) in [7, 11) is 0. The van der Waals surface area contributed by atoms with Gasteiger partial charge in [-0.05, 0) is 30.7 Å². The molecule has 1 aliphatic heterocycles. The maximum absolute atomic E-state index is 10.7. The predicted octanol–water partition coefficient (Wildman–Crippen LogP) is 2.83. The summed E-state index contributed by atoms with van der Waals surface area (Å²) in [6.07, 6.45) is 0.0409. The summed E-state index contributed by atoms with van der Waals surface area (Å²) in [5.74, 6) is 1.12. The molecule has 4 nitrogen and oxygen atoms in total. The number of nitrogens with zero attached hydrogens (tertiary/aromatic N) is 1. The van der Waals surface area contributed by atoms with Gasteiger partial charge in [-0.25, -0.2) is 4.79 Å². The monoisotopic (exact) mass is 299 g/mol. The second-order valence-electron chi connectivity index (χ2n) is 4.15. The van der Waals surface area contributed by atoms with Crippen LogP contribution in [0.5, 0.6) is 5.75 Å². The predicted molar refractivity (Wildman–Crippen MR) is 67.3 cm³/mol. The first-order chi connectivity index (χ1) is 8.15. The second-order valence-corrected chi connectivity index (χ2v) is 5.06. The second kappa shape index (κ2) is 5.40. The standard InChI is InChI=1S/C12H14BrNO3/c13-10-1-3-11(4-2-10)17-8-9-5-6-14(7-9)12(15)16/h1-4,9H,5-8H2,(H,15,16). The smallest absolute Gasteiger partial charge is 0.407 e. The minimum atomic E-state index is -0.837. The fourth-order valence-corrected chi connectivity index (χ4v) is 2.15. The Morgan fingerprint density at radius 1 is 1.47 bits per heavy atom. The van der Waals surface area contributed by atoms with Gasteiger partial charge >= 0.3 is 6.09 Å². The summed E-state index contributed by atoms with van der Waals surface area (Å²) in [4.78, 5) is 12.2. The molecule has 0 radical (unpaired) electrons. The van der Waals surface area contributed by atoms with Crippen molar-refractivity contribution in [2.75, 3.05) is 19.7 Å². The number of benzene rings is 1. The molecule has 1 saturated heterocycles. The molecule has 0 saturated carbocycles. The number of rotatable bonds is 3. The van der Waals surface area contributed by atoms with E-state index in [-0.39, 0.29) is 0 Å². The molecule has 5 heteroatoms. The van der Waals surface area contributed by atoms with Crippen LogP contribution in [0.3, 0.4) is 0 Å². The summed E-state index contributed by atoms with van der Waals surface area (Å²) >= 11 is 3.36. The van der Waals surface area contributed by atoms with Crippen molar-refractivity contribution in [1.29, 1.82) is 0 Å². The van der Waals surface area contributed by atoms with Crippen molar-refractivity contribution in [3.8, 4) is 5.75 Å². The molecule has 1 fully saturated rings. The van der Waals surface area contributed by atoms with E-state index < -0.39 is 6.09 Å². The van der Waals surface area contributed by atoms with Crippen molar-refractivity contribution in [3.63, 3.8) is 0 Å². The highest BCUT2D eigenvalue weighted by Gasteiger charge is 2.26. The van der Waals surface area contributed by atoms with E-state index in [0.717, 1.165) is 16.6 Å². The van der Waals surface area contributed by atoms with Crippen LogP contribution < -0.4 is 4.74 Å². The van der Waals surface area contributed by atoms with Gasteiger partial charge < -0.3 is 14.7 Å². The Hall–Kier alpha value is -1.23. The Kier molecular flexibility index (Phi) is 3.89. The molecule has 1 atom stereocenters. The Labute approximate surface area is 108 Å². The number of likely N-dealkylation sites (tertiary alicyclic amines) is 1. The molecule has 1 aromatic rings. The molecule has 1 amide bonds. The Morgan fingerprint density at radius 2 is 2.18 bits per heavy atom. The van der Waals surface area contributed by atoms with Crippen LogP contribution in [-0.4, -0.2) is 35.8 Å². The van der Waals surface area contributed by atoms with Crippen molar-refractivity contribution < 1.29 is 14.6 Å². The van der Waals surface area contributed by atoms with Crippen molar-refractivity contribution in [3.05, 3.63) is 28.7 Å². The average molecular weight is 300 g/mol. The van der Waals surface area contributed by atoms with Gasteiger partial charge in [-0.2, -0.15) is 0 Å². The third-order valence-corrected chi connectivity index (χ3v) is 3.38. The van der Waals surface area contributed by atoms with E-state index in [0.29, 0.717) is 25.6 Å². The van der Waals surface area contributed by atoms with Crippen molar-refractivity contribution in [2.24, 2.45) is 5.92 Å². The molecule has 0 spiro atoms. The normalized spacial score (nSPS) is 19.4. The van der Waals surface area contributed by atoms with Gasteiger partial charge in [0.25, 0.3) is 0 Å². The van der Waals surface area contributed by atoms with Crippen molar-refractivity contribution in [1.82, 2.24) is 4.90 Å². The first kappa shape index (κ1) is 12.2. The SMILES string of the molecule is O=C(O)N1CCC(COc2ccc(Br)cc2)C1. The molecule has 2 rings (SSSR count). The van der Waals surface area contributed by atoms with Crippen LogP contribution in [-0.2, 0) is 0 Å². The minimum Gasteiger partial charge on any atom is -0.493 e. The summed E-state index contributed by atoms with van der Waals surface area (Å²) in [5.41, 5.74) is 0. The maximum atomic E-state index is 10.7. The molecular formula is C12H14BrNO3. The first-order valence-electron chi connectivity index (χ1n) is 5.51. The molecule has 1 aliphatic rings. The number of amides is 1. The van der Waals surface area contributed by atoms with Gasteiger partial charge in [0.05, 0.1) is 6.61 Å². The number of halogens is 1. The highest BCUT2D eigenvalue weighted by atomic mass is 79.9. The molecular weight excluding hydrogens is 286 g/mol. The quantitative estimate of drug-likeness (QED) is 0.934. The molecule has 92 valence electrons. The van der Waals surface area contributed by atoms with Gasteiger partial charge in [0.1, 0.15) is 5.75 Å². The zero-order valence-corrected chi connectivity index (χ0v) is 10.9. The largest absolute Gasteiger partial charge is 0.493 e. The summed E-state index contributed by atoms with van der Waals surface area (Å²) in [6, 6.07) is 7.64. The minimum absolute atomic E-state index is 0.301. The Morgan fingerprint density at radius 3 is 2.76 bits per heavy atom. The van der Waals surface area contributed by atoms with E-state index in [1.165, 1.54) is 4.90 Å². The van der Waals surface area contributed by atoms with Gasteiger partial charge in [-0.1, -0.05) is 15.9 Å². The van der Waals surface area contributed by atoms with Gasteiger partial charge in [0, 0.05) is 23.5 Å². The maximum Gasteiger partial charge on any atom is 0.407 e. The lowest BCUT2D eigenvalue weighted by Crippen LogP contribution is -2.27. The van der Waals surface area contributed by atoms with E-state index in [9.17, 15) is 4.79 Å². The number of carbonyl (C=O) groups is 1. The van der Waals surface area contributed by atoms with Crippen LogP contribution in [0.15, 0.2) is 28.7 Å². The zero-order chi connectivity index (χ0) is 12.3. The van der Waals surface area contributed by atoms with Crippen molar-refractivity contribution >= 4 is 22.0 Å². The summed E-state index contributed by atoms with van der Waals surface area (Å²) < 4.78 is 6.65. The van der Waals surface area contributed by atoms with E-state index in [1.807, 2.05) is 24.3 Å². The molecule has 17 heavy (non-hydrogen) atoms. The third kappa shape index (κ3) is 3.36. The highest BCUT2D eigenvalue weighted by Crippen LogP contribution is 2.20. The topological polar surface area (TPSA) is 49.8 Å². The fourth-order valence-electron chi connectivity index (χ4n) is 1.89. The van der Waals surface area contributed by atoms with Crippen LogP contribution in [0.2, 0.25) is 0 Å². The fraction of sp³-hybridized carbons (Fsp3) is 0.417. The molecule has 0 bridgehead atoms. The number of carboxylic acid groups (broad SMARTS) is 1. The first-order valence-corrected chi connectivity index (χ1v) is 6.30.